The molecule has 8 heteroatoms. The molecule has 8 nitrogen and oxygen atoms in total. The van der Waals surface area contributed by atoms with Crippen LogP contribution < -0.4 is 10.6 Å². The first-order valence-electron chi connectivity index (χ1n) is 18.9. The summed E-state index contributed by atoms with van der Waals surface area (Å²) in [7, 11) is 0. The first kappa shape index (κ1) is 34.7. The molecule has 9 rings (SSSR count). The minimum absolute atomic E-state index is 0.240. The highest BCUT2D eigenvalue weighted by atomic mass is 16.2. The average molecular weight is 733 g/mol. The molecular weight excluding hydrogens is 693 g/mol. The quantitative estimate of drug-likeness (QED) is 0.147. The number of hydrogen-bond acceptors (Lipinski definition) is 4. The highest BCUT2D eigenvalue weighted by molar-refractivity contribution is 6.12. The molecule has 5 aromatic carbocycles. The predicted molar refractivity (Wildman–Crippen MR) is 224 cm³/mol. The molecule has 0 aliphatic carbocycles. The Morgan fingerprint density at radius 2 is 0.857 bits per heavy atom. The van der Waals surface area contributed by atoms with E-state index in [1.807, 2.05) is 86.6 Å². The molecule has 0 aliphatic heterocycles. The van der Waals surface area contributed by atoms with E-state index in [1.54, 1.807) is 0 Å². The molecule has 56 heavy (non-hydrogen) atoms. The van der Waals surface area contributed by atoms with E-state index in [0.717, 1.165) is 66.1 Å². The van der Waals surface area contributed by atoms with Crippen molar-refractivity contribution in [3.63, 3.8) is 0 Å². The molecule has 0 aliphatic rings. The topological polar surface area (TPSA) is 93.8 Å². The number of para-hydroxylation sites is 2. The molecule has 9 aromatic rings. The first-order chi connectivity index (χ1) is 27.4. The zero-order valence-electron chi connectivity index (χ0n) is 31.3. The molecule has 0 radical (unpaired) electrons. The number of amides is 2. The van der Waals surface area contributed by atoms with Gasteiger partial charge in [-0.1, -0.05) is 121 Å². The lowest BCUT2D eigenvalue weighted by atomic mass is 10.1. The van der Waals surface area contributed by atoms with Crippen LogP contribution in [-0.2, 0) is 26.2 Å². The molecular formula is C48H40N6O2. The largest absolute Gasteiger partial charge is 0.347 e. The number of pyridine rings is 2. The molecule has 0 saturated carbocycles. The van der Waals surface area contributed by atoms with Crippen molar-refractivity contribution in [1.82, 2.24) is 29.7 Å². The summed E-state index contributed by atoms with van der Waals surface area (Å²) in [5.41, 5.74) is 10.9. The van der Waals surface area contributed by atoms with Crippen molar-refractivity contribution in [1.29, 1.82) is 0 Å². The van der Waals surface area contributed by atoms with E-state index in [4.69, 9.17) is 9.97 Å². The molecule has 274 valence electrons. The van der Waals surface area contributed by atoms with Crippen molar-refractivity contribution >= 4 is 55.4 Å². The van der Waals surface area contributed by atoms with Crippen LogP contribution in [0.1, 0.15) is 54.6 Å². The summed E-state index contributed by atoms with van der Waals surface area (Å²) in [4.78, 5) is 36.7. The maximum Gasteiger partial charge on any atom is 0.270 e. The number of carbonyl (C=O) groups is 2. The fourth-order valence-electron chi connectivity index (χ4n) is 8.03. The molecule has 0 unspecified atom stereocenters. The Hall–Kier alpha value is -7.06. The summed E-state index contributed by atoms with van der Waals surface area (Å²) in [6, 6.07) is 49.0. The number of benzene rings is 5. The second-order valence-electron chi connectivity index (χ2n) is 14.3. The number of fused-ring (bicyclic) bond motifs is 6. The van der Waals surface area contributed by atoms with Crippen molar-refractivity contribution in [3.8, 4) is 0 Å². The molecule has 4 aromatic heterocycles. The molecule has 0 saturated heterocycles. The van der Waals surface area contributed by atoms with Gasteiger partial charge in [0.25, 0.3) is 11.8 Å². The minimum atomic E-state index is -0.240. The SMILES string of the molecule is Cc1nc(C(=O)NCc2cccc(CNC(=O)c3cc4c5ccccc5n(Cc5ccccc5)c4c(C)n3)c2)cc2c3ccccc3n(Cc3ccccc3)c12. The van der Waals surface area contributed by atoms with Gasteiger partial charge in [-0.15, -0.1) is 0 Å². The maximum atomic E-state index is 13.6. The molecule has 0 bridgehead atoms. The van der Waals surface area contributed by atoms with Crippen LogP contribution in [0, 0.1) is 13.8 Å². The van der Waals surface area contributed by atoms with Crippen LogP contribution >= 0.6 is 0 Å². The molecule has 0 fully saturated rings. The fraction of sp³-hybridized carbons (Fsp3) is 0.125. The van der Waals surface area contributed by atoms with Crippen LogP contribution in [0.5, 0.6) is 0 Å². The smallest absolute Gasteiger partial charge is 0.270 e. The summed E-state index contributed by atoms with van der Waals surface area (Å²) >= 11 is 0. The normalized spacial score (nSPS) is 11.5. The summed E-state index contributed by atoms with van der Waals surface area (Å²) in [6.07, 6.45) is 0. The zero-order chi connectivity index (χ0) is 38.2. The molecule has 2 N–H and O–H groups in total. The van der Waals surface area contributed by atoms with E-state index < -0.39 is 0 Å². The Bertz CT molecular complexity index is 2730. The van der Waals surface area contributed by atoms with Crippen LogP contribution in [0.2, 0.25) is 0 Å². The van der Waals surface area contributed by atoms with Crippen LogP contribution in [-0.4, -0.2) is 30.9 Å². The van der Waals surface area contributed by atoms with E-state index in [-0.39, 0.29) is 11.8 Å². The Morgan fingerprint density at radius 3 is 1.30 bits per heavy atom. The lowest BCUT2D eigenvalue weighted by Crippen LogP contribution is -2.25. The van der Waals surface area contributed by atoms with Crippen molar-refractivity contribution in [2.24, 2.45) is 0 Å². The predicted octanol–water partition coefficient (Wildman–Crippen LogP) is 9.27. The number of rotatable bonds is 10. The van der Waals surface area contributed by atoms with E-state index in [2.05, 4.69) is 92.6 Å². The highest BCUT2D eigenvalue weighted by Gasteiger charge is 2.20. The monoisotopic (exact) mass is 732 g/mol. The summed E-state index contributed by atoms with van der Waals surface area (Å²) < 4.78 is 4.57. The standard InChI is InChI=1S/C48H40N6O2/c1-31-45-39(37-20-9-11-22-43(37)53(45)29-33-14-5-3-6-15-33)25-41(51-31)47(55)49-27-35-18-13-19-36(24-35)28-50-48(56)42-26-40-38-21-10-12-23-44(38)54(46(40)32(2)52-42)30-34-16-7-4-8-17-34/h3-26H,27-30H2,1-2H3,(H,49,55)(H,50,56). The van der Waals surface area contributed by atoms with Gasteiger partial charge in [0.1, 0.15) is 11.4 Å². The van der Waals surface area contributed by atoms with Gasteiger partial charge in [0, 0.05) is 58.8 Å². The summed E-state index contributed by atoms with van der Waals surface area (Å²) in [6.45, 7) is 6.00. The fourth-order valence-corrected chi connectivity index (χ4v) is 8.03. The van der Waals surface area contributed by atoms with Gasteiger partial charge in [0.2, 0.25) is 0 Å². The maximum absolute atomic E-state index is 13.6. The average Bonchev–Trinajstić information content (AvgIpc) is 3.72. The number of aryl methyl sites for hydroxylation is 2. The van der Waals surface area contributed by atoms with Crippen molar-refractivity contribution in [2.75, 3.05) is 0 Å². The number of hydrogen-bond donors (Lipinski definition) is 2. The van der Waals surface area contributed by atoms with Gasteiger partial charge in [-0.2, -0.15) is 0 Å². The molecule has 0 spiro atoms. The minimum Gasteiger partial charge on any atom is -0.347 e. The number of nitrogens with one attached hydrogen (secondary N) is 2. The van der Waals surface area contributed by atoms with Gasteiger partial charge in [-0.05, 0) is 60.4 Å². The van der Waals surface area contributed by atoms with Crippen LogP contribution in [0.15, 0.2) is 146 Å². The van der Waals surface area contributed by atoms with Gasteiger partial charge in [0.15, 0.2) is 0 Å². The third-order valence-corrected chi connectivity index (χ3v) is 10.6. The van der Waals surface area contributed by atoms with Gasteiger partial charge in [-0.3, -0.25) is 9.59 Å². The number of carbonyl (C=O) groups excluding carboxylic acids is 2. The van der Waals surface area contributed by atoms with Gasteiger partial charge >= 0.3 is 0 Å². The number of aromatic nitrogens is 4. The second-order valence-corrected chi connectivity index (χ2v) is 14.3. The first-order valence-corrected chi connectivity index (χ1v) is 18.9. The van der Waals surface area contributed by atoms with Crippen molar-refractivity contribution < 1.29 is 9.59 Å². The van der Waals surface area contributed by atoms with Gasteiger partial charge in [-0.25, -0.2) is 9.97 Å². The Labute approximate surface area is 324 Å². The number of nitrogens with zero attached hydrogens (tertiary/aromatic N) is 4. The lowest BCUT2D eigenvalue weighted by Gasteiger charge is -2.11. The Kier molecular flexibility index (Phi) is 9.07. The van der Waals surface area contributed by atoms with E-state index in [1.165, 1.54) is 11.1 Å². The van der Waals surface area contributed by atoms with Crippen molar-refractivity contribution in [2.45, 2.75) is 40.0 Å². The second kappa shape index (κ2) is 14.6. The van der Waals surface area contributed by atoms with Crippen LogP contribution in [0.25, 0.3) is 43.6 Å². The summed E-state index contributed by atoms with van der Waals surface area (Å²) in [5, 5.41) is 10.3. The summed E-state index contributed by atoms with van der Waals surface area (Å²) in [5.74, 6) is -0.480. The van der Waals surface area contributed by atoms with Gasteiger partial charge < -0.3 is 19.8 Å². The van der Waals surface area contributed by atoms with Crippen LogP contribution in [0.3, 0.4) is 0 Å². The van der Waals surface area contributed by atoms with E-state index in [0.29, 0.717) is 37.6 Å². The molecule has 0 atom stereocenters. The Morgan fingerprint density at radius 1 is 0.464 bits per heavy atom. The van der Waals surface area contributed by atoms with E-state index >= 15 is 0 Å². The van der Waals surface area contributed by atoms with Crippen LogP contribution in [0.4, 0.5) is 0 Å². The Balaban J connectivity index is 0.901. The third-order valence-electron chi connectivity index (χ3n) is 10.6. The molecule has 4 heterocycles. The third kappa shape index (κ3) is 6.55. The van der Waals surface area contributed by atoms with Gasteiger partial charge in [0.05, 0.1) is 22.4 Å². The highest BCUT2D eigenvalue weighted by Crippen LogP contribution is 2.33. The molecule has 2 amide bonds. The lowest BCUT2D eigenvalue weighted by molar-refractivity contribution is 0.0938. The van der Waals surface area contributed by atoms with E-state index in [9.17, 15) is 9.59 Å². The zero-order valence-corrected chi connectivity index (χ0v) is 31.3. The van der Waals surface area contributed by atoms with Crippen molar-refractivity contribution in [3.05, 3.63) is 191 Å².